The van der Waals surface area contributed by atoms with Gasteiger partial charge < -0.3 is 10.1 Å². The number of halogens is 1. The second kappa shape index (κ2) is 7.27. The van der Waals surface area contributed by atoms with E-state index in [0.717, 1.165) is 27.9 Å². The number of carbonyl (C=O) groups is 1. The molecular formula is C17H18BrNO2. The molecule has 0 aliphatic rings. The van der Waals surface area contributed by atoms with E-state index in [0.29, 0.717) is 0 Å². The van der Waals surface area contributed by atoms with Crippen molar-refractivity contribution in [3.8, 4) is 5.75 Å². The topological polar surface area (TPSA) is 38.3 Å². The van der Waals surface area contributed by atoms with E-state index >= 15 is 0 Å². The lowest BCUT2D eigenvalue weighted by Crippen LogP contribution is -2.30. The quantitative estimate of drug-likeness (QED) is 0.869. The summed E-state index contributed by atoms with van der Waals surface area (Å²) in [5.74, 6) is 0.599. The first-order chi connectivity index (χ1) is 10.1. The summed E-state index contributed by atoms with van der Waals surface area (Å²) < 4.78 is 6.75. The number of anilines is 1. The Kier molecular flexibility index (Phi) is 5.39. The number of amides is 1. The normalized spacial score (nSPS) is 11.8. The lowest BCUT2D eigenvalue weighted by atomic mass is 10.1. The minimum Gasteiger partial charge on any atom is -0.481 e. The molecule has 0 aliphatic carbocycles. The summed E-state index contributed by atoms with van der Waals surface area (Å²) in [5.41, 5.74) is 1.85. The molecular weight excluding hydrogens is 330 g/mol. The second-order valence-electron chi connectivity index (χ2n) is 4.72. The van der Waals surface area contributed by atoms with Crippen molar-refractivity contribution in [2.75, 3.05) is 5.32 Å². The first-order valence-corrected chi connectivity index (χ1v) is 7.70. The molecule has 21 heavy (non-hydrogen) atoms. The monoisotopic (exact) mass is 347 g/mol. The largest absolute Gasteiger partial charge is 0.481 e. The molecule has 1 amide bonds. The third kappa shape index (κ3) is 4.33. The number of aryl methyl sites for hydroxylation is 1. The van der Waals surface area contributed by atoms with E-state index in [1.54, 1.807) is 6.92 Å². The first-order valence-electron chi connectivity index (χ1n) is 6.91. The molecule has 110 valence electrons. The van der Waals surface area contributed by atoms with Gasteiger partial charge in [0.15, 0.2) is 6.10 Å². The fraction of sp³-hybridized carbons (Fsp3) is 0.235. The maximum Gasteiger partial charge on any atom is 0.265 e. The number of benzene rings is 2. The predicted octanol–water partition coefficient (Wildman–Crippen LogP) is 4.42. The molecule has 0 bridgehead atoms. The highest BCUT2D eigenvalue weighted by molar-refractivity contribution is 9.10. The minimum atomic E-state index is -0.554. The average molecular weight is 348 g/mol. The van der Waals surface area contributed by atoms with Gasteiger partial charge >= 0.3 is 0 Å². The van der Waals surface area contributed by atoms with Crippen LogP contribution in [-0.2, 0) is 11.2 Å². The van der Waals surface area contributed by atoms with Gasteiger partial charge in [-0.15, -0.1) is 0 Å². The molecule has 0 fully saturated rings. The van der Waals surface area contributed by atoms with Gasteiger partial charge in [0.1, 0.15) is 5.75 Å². The maximum absolute atomic E-state index is 12.2. The van der Waals surface area contributed by atoms with Crippen molar-refractivity contribution in [3.05, 3.63) is 58.6 Å². The van der Waals surface area contributed by atoms with Crippen LogP contribution in [0.1, 0.15) is 19.4 Å². The first kappa shape index (κ1) is 15.6. The third-order valence-corrected chi connectivity index (χ3v) is 3.67. The number of para-hydroxylation sites is 1. The smallest absolute Gasteiger partial charge is 0.265 e. The summed E-state index contributed by atoms with van der Waals surface area (Å²) >= 11 is 3.36. The Balaban J connectivity index is 2.01. The molecule has 0 saturated heterocycles. The molecule has 0 unspecified atom stereocenters. The Bertz CT molecular complexity index is 610. The van der Waals surface area contributed by atoms with Crippen LogP contribution in [0.25, 0.3) is 0 Å². The summed E-state index contributed by atoms with van der Waals surface area (Å²) in [6.07, 6.45) is 0.318. The summed E-state index contributed by atoms with van der Waals surface area (Å²) in [6, 6.07) is 15.2. The lowest BCUT2D eigenvalue weighted by molar-refractivity contribution is -0.122. The summed E-state index contributed by atoms with van der Waals surface area (Å²) in [5, 5.41) is 2.84. The van der Waals surface area contributed by atoms with Crippen LogP contribution in [0.4, 0.5) is 5.69 Å². The van der Waals surface area contributed by atoms with Crippen LogP contribution < -0.4 is 10.1 Å². The van der Waals surface area contributed by atoms with E-state index in [1.165, 1.54) is 0 Å². The highest BCUT2D eigenvalue weighted by Crippen LogP contribution is 2.20. The van der Waals surface area contributed by atoms with Gasteiger partial charge in [-0.2, -0.15) is 0 Å². The van der Waals surface area contributed by atoms with Crippen LogP contribution in [0, 0.1) is 0 Å². The van der Waals surface area contributed by atoms with E-state index < -0.39 is 6.10 Å². The van der Waals surface area contributed by atoms with E-state index in [2.05, 4.69) is 28.2 Å². The fourth-order valence-electron chi connectivity index (χ4n) is 1.93. The molecule has 2 aromatic rings. The van der Waals surface area contributed by atoms with Gasteiger partial charge in [0, 0.05) is 10.2 Å². The Labute approximate surface area is 133 Å². The zero-order valence-electron chi connectivity index (χ0n) is 12.1. The molecule has 0 saturated carbocycles. The van der Waals surface area contributed by atoms with Crippen molar-refractivity contribution >= 4 is 27.5 Å². The standard InChI is InChI=1S/C17H18BrNO2/c1-3-13-6-4-5-7-16(13)21-12(2)17(20)19-15-10-8-14(18)9-11-15/h4-12H,3H2,1-2H3,(H,19,20)/t12-/m0/s1. The molecule has 1 atom stereocenters. The number of ether oxygens (including phenoxy) is 1. The van der Waals surface area contributed by atoms with Crippen LogP contribution in [0.15, 0.2) is 53.0 Å². The predicted molar refractivity (Wildman–Crippen MR) is 88.7 cm³/mol. The van der Waals surface area contributed by atoms with Gasteiger partial charge in [0.25, 0.3) is 5.91 Å². The summed E-state index contributed by atoms with van der Waals surface area (Å²) in [7, 11) is 0. The molecule has 0 heterocycles. The van der Waals surface area contributed by atoms with Gasteiger partial charge in [0.05, 0.1) is 0 Å². The highest BCUT2D eigenvalue weighted by atomic mass is 79.9. The molecule has 0 spiro atoms. The van der Waals surface area contributed by atoms with Crippen LogP contribution in [0.3, 0.4) is 0 Å². The molecule has 0 radical (unpaired) electrons. The van der Waals surface area contributed by atoms with E-state index in [9.17, 15) is 4.79 Å². The lowest BCUT2D eigenvalue weighted by Gasteiger charge is -2.17. The summed E-state index contributed by atoms with van der Waals surface area (Å²) in [6.45, 7) is 3.81. The van der Waals surface area contributed by atoms with Crippen LogP contribution >= 0.6 is 15.9 Å². The van der Waals surface area contributed by atoms with E-state index in [-0.39, 0.29) is 5.91 Å². The average Bonchev–Trinajstić information content (AvgIpc) is 2.50. The van der Waals surface area contributed by atoms with Crippen molar-refractivity contribution in [2.45, 2.75) is 26.4 Å². The van der Waals surface area contributed by atoms with Gasteiger partial charge in [-0.1, -0.05) is 41.1 Å². The molecule has 0 aromatic heterocycles. The van der Waals surface area contributed by atoms with Crippen LogP contribution in [-0.4, -0.2) is 12.0 Å². The number of carbonyl (C=O) groups excluding carboxylic acids is 1. The molecule has 2 aromatic carbocycles. The van der Waals surface area contributed by atoms with Gasteiger partial charge in [-0.3, -0.25) is 4.79 Å². The van der Waals surface area contributed by atoms with E-state index in [4.69, 9.17) is 4.74 Å². The highest BCUT2D eigenvalue weighted by Gasteiger charge is 2.16. The maximum atomic E-state index is 12.2. The molecule has 0 aliphatic heterocycles. The SMILES string of the molecule is CCc1ccccc1O[C@@H](C)C(=O)Nc1ccc(Br)cc1. The fourth-order valence-corrected chi connectivity index (χ4v) is 2.20. The number of rotatable bonds is 5. The van der Waals surface area contributed by atoms with Crippen LogP contribution in [0.2, 0.25) is 0 Å². The minimum absolute atomic E-state index is 0.164. The zero-order chi connectivity index (χ0) is 15.2. The number of hydrogen-bond donors (Lipinski definition) is 1. The molecule has 1 N–H and O–H groups in total. The van der Waals surface area contributed by atoms with Crippen molar-refractivity contribution in [1.29, 1.82) is 0 Å². The molecule has 3 nitrogen and oxygen atoms in total. The Hall–Kier alpha value is -1.81. The van der Waals surface area contributed by atoms with Crippen molar-refractivity contribution < 1.29 is 9.53 Å². The third-order valence-electron chi connectivity index (χ3n) is 3.14. The Morgan fingerprint density at radius 1 is 1.19 bits per heavy atom. The van der Waals surface area contributed by atoms with E-state index in [1.807, 2.05) is 48.5 Å². The number of hydrogen-bond acceptors (Lipinski definition) is 2. The van der Waals surface area contributed by atoms with Crippen molar-refractivity contribution in [2.24, 2.45) is 0 Å². The van der Waals surface area contributed by atoms with Gasteiger partial charge in [-0.25, -0.2) is 0 Å². The summed E-state index contributed by atoms with van der Waals surface area (Å²) in [4.78, 5) is 12.2. The molecule has 4 heteroatoms. The second-order valence-corrected chi connectivity index (χ2v) is 5.63. The number of nitrogens with one attached hydrogen (secondary N) is 1. The van der Waals surface area contributed by atoms with Gasteiger partial charge in [-0.05, 0) is 49.2 Å². The van der Waals surface area contributed by atoms with Crippen LogP contribution in [0.5, 0.6) is 5.75 Å². The van der Waals surface area contributed by atoms with Gasteiger partial charge in [0.2, 0.25) is 0 Å². The Morgan fingerprint density at radius 2 is 1.86 bits per heavy atom. The molecule has 2 rings (SSSR count). The van der Waals surface area contributed by atoms with Crippen molar-refractivity contribution in [3.63, 3.8) is 0 Å². The zero-order valence-corrected chi connectivity index (χ0v) is 13.7. The van der Waals surface area contributed by atoms with Crippen molar-refractivity contribution in [1.82, 2.24) is 0 Å². The Morgan fingerprint density at radius 3 is 2.52 bits per heavy atom.